The van der Waals surface area contributed by atoms with Crippen LogP contribution in [-0.2, 0) is 14.8 Å². The number of anilines is 1. The minimum Gasteiger partial charge on any atom is -0.325 e. The third kappa shape index (κ3) is 5.33. The van der Waals surface area contributed by atoms with Gasteiger partial charge in [-0.25, -0.2) is 13.4 Å². The summed E-state index contributed by atoms with van der Waals surface area (Å²) < 4.78 is 27.2. The lowest BCUT2D eigenvalue weighted by Crippen LogP contribution is -2.38. The van der Waals surface area contributed by atoms with Gasteiger partial charge in [-0.15, -0.1) is 0 Å². The van der Waals surface area contributed by atoms with E-state index in [9.17, 15) is 13.2 Å². The Hall–Kier alpha value is -1.90. The fourth-order valence-electron chi connectivity index (χ4n) is 3.29. The molecule has 0 atom stereocenters. The van der Waals surface area contributed by atoms with Crippen molar-refractivity contribution < 1.29 is 13.2 Å². The fourth-order valence-corrected chi connectivity index (χ4v) is 5.36. The van der Waals surface area contributed by atoms with Crippen molar-refractivity contribution in [1.29, 1.82) is 0 Å². The lowest BCUT2D eigenvalue weighted by molar-refractivity contribution is -0.113. The Morgan fingerprint density at radius 2 is 1.86 bits per heavy atom. The number of nitrogens with one attached hydrogen (secondary N) is 1. The molecule has 1 saturated carbocycles. The smallest absolute Gasteiger partial charge is 0.243 e. The van der Waals surface area contributed by atoms with Crippen molar-refractivity contribution >= 4 is 33.4 Å². The monoisotopic (exact) mass is 419 g/mol. The van der Waals surface area contributed by atoms with Gasteiger partial charge in [-0.3, -0.25) is 4.79 Å². The van der Waals surface area contributed by atoms with Crippen molar-refractivity contribution in [3.05, 3.63) is 48.7 Å². The van der Waals surface area contributed by atoms with Crippen molar-refractivity contribution in [1.82, 2.24) is 9.29 Å². The summed E-state index contributed by atoms with van der Waals surface area (Å²) in [4.78, 5) is 16.5. The summed E-state index contributed by atoms with van der Waals surface area (Å²) >= 11 is 1.35. The largest absolute Gasteiger partial charge is 0.325 e. The zero-order chi connectivity index (χ0) is 20.0. The maximum Gasteiger partial charge on any atom is 0.243 e. The molecule has 6 nitrogen and oxygen atoms in total. The first-order valence-electron chi connectivity index (χ1n) is 9.38. The second-order valence-electron chi connectivity index (χ2n) is 6.84. The molecular formula is C20H25N3O3S2. The molecule has 0 aliphatic heterocycles. The molecule has 0 spiro atoms. The molecule has 1 aromatic carbocycles. The van der Waals surface area contributed by atoms with Gasteiger partial charge in [0, 0.05) is 25.0 Å². The zero-order valence-corrected chi connectivity index (χ0v) is 17.5. The summed E-state index contributed by atoms with van der Waals surface area (Å²) in [7, 11) is -1.86. The number of rotatable bonds is 7. The molecular weight excluding hydrogens is 394 g/mol. The van der Waals surface area contributed by atoms with Crippen molar-refractivity contribution in [2.45, 2.75) is 48.1 Å². The van der Waals surface area contributed by atoms with E-state index in [2.05, 4.69) is 10.3 Å². The maximum absolute atomic E-state index is 12.9. The van der Waals surface area contributed by atoms with Gasteiger partial charge >= 0.3 is 0 Å². The number of nitrogens with zero attached hydrogens (tertiary/aromatic N) is 2. The van der Waals surface area contributed by atoms with E-state index in [0.29, 0.717) is 5.69 Å². The van der Waals surface area contributed by atoms with Crippen molar-refractivity contribution in [2.24, 2.45) is 0 Å². The third-order valence-electron chi connectivity index (χ3n) is 4.89. The van der Waals surface area contributed by atoms with Crippen LogP contribution in [0, 0.1) is 0 Å². The highest BCUT2D eigenvalue weighted by Crippen LogP contribution is 2.27. The number of carbonyl (C=O) groups is 1. The highest BCUT2D eigenvalue weighted by Gasteiger charge is 2.28. The van der Waals surface area contributed by atoms with E-state index in [4.69, 9.17) is 0 Å². The number of hydrogen-bond donors (Lipinski definition) is 1. The lowest BCUT2D eigenvalue weighted by Gasteiger charge is -2.30. The van der Waals surface area contributed by atoms with Gasteiger partial charge in [0.05, 0.1) is 15.7 Å². The van der Waals surface area contributed by atoms with Crippen LogP contribution >= 0.6 is 11.8 Å². The summed E-state index contributed by atoms with van der Waals surface area (Å²) in [5, 5.41) is 3.57. The minimum absolute atomic E-state index is 0.0711. The van der Waals surface area contributed by atoms with E-state index in [1.54, 1.807) is 37.5 Å². The summed E-state index contributed by atoms with van der Waals surface area (Å²) in [5.41, 5.74) is 0.575. The Morgan fingerprint density at radius 3 is 2.50 bits per heavy atom. The Labute approximate surface area is 170 Å². The lowest BCUT2D eigenvalue weighted by atomic mass is 9.96. The number of amides is 1. The van der Waals surface area contributed by atoms with Crippen LogP contribution in [0.15, 0.2) is 58.6 Å². The quantitative estimate of drug-likeness (QED) is 0.691. The molecule has 1 amide bonds. The van der Waals surface area contributed by atoms with E-state index in [0.717, 1.165) is 30.7 Å². The molecule has 2 aromatic rings. The number of sulfonamides is 1. The van der Waals surface area contributed by atoms with Crippen LogP contribution in [0.4, 0.5) is 5.69 Å². The molecule has 0 saturated heterocycles. The summed E-state index contributed by atoms with van der Waals surface area (Å²) in [6.45, 7) is 0. The summed E-state index contributed by atoms with van der Waals surface area (Å²) in [6.07, 6.45) is 6.84. The van der Waals surface area contributed by atoms with Crippen LogP contribution in [0.1, 0.15) is 32.1 Å². The molecule has 1 fully saturated rings. The highest BCUT2D eigenvalue weighted by molar-refractivity contribution is 7.99. The Morgan fingerprint density at radius 1 is 1.14 bits per heavy atom. The van der Waals surface area contributed by atoms with Crippen molar-refractivity contribution in [3.63, 3.8) is 0 Å². The van der Waals surface area contributed by atoms with E-state index in [-0.39, 0.29) is 22.6 Å². The van der Waals surface area contributed by atoms with Crippen LogP contribution < -0.4 is 5.32 Å². The number of thioether (sulfide) groups is 1. The van der Waals surface area contributed by atoms with Gasteiger partial charge in [0.2, 0.25) is 15.9 Å². The van der Waals surface area contributed by atoms with E-state index < -0.39 is 10.0 Å². The molecule has 0 unspecified atom stereocenters. The summed E-state index contributed by atoms with van der Waals surface area (Å²) in [5.74, 6) is 0.0761. The normalized spacial score (nSPS) is 15.5. The Kier molecular flexibility index (Phi) is 7.09. The zero-order valence-electron chi connectivity index (χ0n) is 15.9. The number of carbonyl (C=O) groups excluding carboxylic acids is 1. The topological polar surface area (TPSA) is 79.4 Å². The maximum atomic E-state index is 12.9. The molecule has 8 heteroatoms. The van der Waals surface area contributed by atoms with E-state index in [1.165, 1.54) is 22.5 Å². The second kappa shape index (κ2) is 9.54. The molecule has 0 radical (unpaired) electrons. The van der Waals surface area contributed by atoms with Crippen LogP contribution in [0.5, 0.6) is 0 Å². The standard InChI is InChI=1S/C20H25N3O3S2/c1-23(17-7-3-2-4-8-17)28(25,26)18-12-10-16(11-13-18)22-19(24)15-27-20-9-5-6-14-21-20/h5-6,9-14,17H,2-4,7-8,15H2,1H3,(H,22,24). The van der Waals surface area contributed by atoms with E-state index in [1.807, 2.05) is 18.2 Å². The molecule has 150 valence electrons. The predicted molar refractivity (Wildman–Crippen MR) is 112 cm³/mol. The van der Waals surface area contributed by atoms with Gasteiger partial charge in [0.25, 0.3) is 0 Å². The number of pyridine rings is 1. The Balaban J connectivity index is 1.58. The van der Waals surface area contributed by atoms with Crippen LogP contribution in [0.2, 0.25) is 0 Å². The van der Waals surface area contributed by atoms with Gasteiger partial charge in [-0.2, -0.15) is 4.31 Å². The van der Waals surface area contributed by atoms with Crippen LogP contribution in [-0.4, -0.2) is 42.5 Å². The first-order chi connectivity index (χ1) is 13.5. The third-order valence-corrected chi connectivity index (χ3v) is 7.76. The van der Waals surface area contributed by atoms with Gasteiger partial charge in [-0.1, -0.05) is 37.1 Å². The van der Waals surface area contributed by atoms with Gasteiger partial charge in [0.15, 0.2) is 0 Å². The molecule has 1 aromatic heterocycles. The molecule has 1 aliphatic carbocycles. The van der Waals surface area contributed by atoms with Gasteiger partial charge < -0.3 is 5.32 Å². The second-order valence-corrected chi connectivity index (χ2v) is 9.84. The number of hydrogen-bond acceptors (Lipinski definition) is 5. The minimum atomic E-state index is -3.52. The number of aromatic nitrogens is 1. The summed E-state index contributed by atoms with van der Waals surface area (Å²) in [6, 6.07) is 12.0. The first-order valence-corrected chi connectivity index (χ1v) is 11.8. The molecule has 0 bridgehead atoms. The van der Waals surface area contributed by atoms with Gasteiger partial charge in [-0.05, 0) is 49.2 Å². The van der Waals surface area contributed by atoms with Crippen LogP contribution in [0.3, 0.4) is 0 Å². The highest BCUT2D eigenvalue weighted by atomic mass is 32.2. The molecule has 1 N–H and O–H groups in total. The van der Waals surface area contributed by atoms with Crippen molar-refractivity contribution in [2.75, 3.05) is 18.1 Å². The Bertz CT molecular complexity index is 881. The van der Waals surface area contributed by atoms with E-state index >= 15 is 0 Å². The molecule has 28 heavy (non-hydrogen) atoms. The average Bonchev–Trinajstić information content (AvgIpc) is 2.73. The SMILES string of the molecule is CN(C1CCCCC1)S(=O)(=O)c1ccc(NC(=O)CSc2ccccn2)cc1. The first kappa shape index (κ1) is 20.8. The molecule has 1 heterocycles. The number of benzene rings is 1. The fraction of sp³-hybridized carbons (Fsp3) is 0.400. The van der Waals surface area contributed by atoms with Crippen LogP contribution in [0.25, 0.3) is 0 Å². The van der Waals surface area contributed by atoms with Gasteiger partial charge in [0.1, 0.15) is 0 Å². The van der Waals surface area contributed by atoms with Crippen molar-refractivity contribution in [3.8, 4) is 0 Å². The molecule has 3 rings (SSSR count). The average molecular weight is 420 g/mol. The predicted octanol–water partition coefficient (Wildman–Crippen LogP) is 3.77. The molecule has 1 aliphatic rings.